The van der Waals surface area contributed by atoms with Gasteiger partial charge in [-0.25, -0.2) is 9.97 Å². The molecule has 0 radical (unpaired) electrons. The zero-order valence-corrected chi connectivity index (χ0v) is 11.6. The molecule has 1 aromatic heterocycles. The number of hydrogen-bond acceptors (Lipinski definition) is 4. The minimum absolute atomic E-state index is 0.149. The van der Waals surface area contributed by atoms with E-state index in [-0.39, 0.29) is 12.5 Å². The largest absolute Gasteiger partial charge is 0.368 e. The van der Waals surface area contributed by atoms with E-state index in [2.05, 4.69) is 16.9 Å². The Morgan fingerprint density at radius 3 is 2.72 bits per heavy atom. The average Bonchev–Trinajstić information content (AvgIpc) is 2.33. The van der Waals surface area contributed by atoms with Crippen LogP contribution in [0.1, 0.15) is 32.5 Å². The molecule has 0 aromatic carbocycles. The molecule has 0 fully saturated rings. The molecule has 18 heavy (non-hydrogen) atoms. The van der Waals surface area contributed by atoms with Crippen molar-refractivity contribution in [3.63, 3.8) is 0 Å². The van der Waals surface area contributed by atoms with Crippen LogP contribution in [0.5, 0.6) is 0 Å². The molecule has 0 unspecified atom stereocenters. The number of aromatic nitrogens is 2. The molecule has 2 N–H and O–H groups in total. The number of hydrogen-bond donors (Lipinski definition) is 1. The maximum absolute atomic E-state index is 11.1. The fourth-order valence-corrected chi connectivity index (χ4v) is 1.78. The summed E-state index contributed by atoms with van der Waals surface area (Å²) >= 11 is 5.95. The van der Waals surface area contributed by atoms with Crippen LogP contribution in [0.4, 0.5) is 5.82 Å². The number of rotatable bonds is 7. The molecule has 0 atom stereocenters. The Morgan fingerprint density at radius 2 is 2.17 bits per heavy atom. The van der Waals surface area contributed by atoms with Crippen LogP contribution in [0.3, 0.4) is 0 Å². The highest BCUT2D eigenvalue weighted by molar-refractivity contribution is 6.29. The van der Waals surface area contributed by atoms with Crippen molar-refractivity contribution in [2.45, 2.75) is 33.1 Å². The molecule has 100 valence electrons. The highest BCUT2D eigenvalue weighted by Crippen LogP contribution is 2.17. The fraction of sp³-hybridized carbons (Fsp3) is 0.583. The van der Waals surface area contributed by atoms with Crippen LogP contribution in [0.2, 0.25) is 5.15 Å². The second-order valence-electron chi connectivity index (χ2n) is 4.06. The van der Waals surface area contributed by atoms with Crippen molar-refractivity contribution >= 4 is 23.3 Å². The van der Waals surface area contributed by atoms with Crippen LogP contribution in [-0.2, 0) is 11.2 Å². The summed E-state index contributed by atoms with van der Waals surface area (Å²) in [6.07, 6.45) is 2.71. The highest BCUT2D eigenvalue weighted by atomic mass is 35.5. The third-order valence-corrected chi connectivity index (χ3v) is 2.69. The van der Waals surface area contributed by atoms with Gasteiger partial charge in [-0.2, -0.15) is 0 Å². The Kier molecular flexibility index (Phi) is 5.85. The first-order valence-corrected chi connectivity index (χ1v) is 6.51. The van der Waals surface area contributed by atoms with Gasteiger partial charge in [0.1, 0.15) is 16.8 Å². The normalized spacial score (nSPS) is 10.4. The van der Waals surface area contributed by atoms with Crippen LogP contribution >= 0.6 is 11.6 Å². The molecule has 0 aliphatic heterocycles. The predicted molar refractivity (Wildman–Crippen MR) is 72.7 cm³/mol. The van der Waals surface area contributed by atoms with E-state index >= 15 is 0 Å². The third-order valence-electron chi connectivity index (χ3n) is 2.50. The van der Waals surface area contributed by atoms with Gasteiger partial charge in [0.25, 0.3) is 0 Å². The van der Waals surface area contributed by atoms with E-state index in [0.29, 0.717) is 23.2 Å². The SMILES string of the molecule is CCCCN(CC(N)=O)c1cc(Cl)nc(CC)n1. The van der Waals surface area contributed by atoms with Gasteiger partial charge in [0, 0.05) is 19.0 Å². The Morgan fingerprint density at radius 1 is 1.44 bits per heavy atom. The number of nitrogens with two attached hydrogens (primary N) is 1. The van der Waals surface area contributed by atoms with Gasteiger partial charge < -0.3 is 10.6 Å². The van der Waals surface area contributed by atoms with E-state index in [9.17, 15) is 4.79 Å². The zero-order valence-electron chi connectivity index (χ0n) is 10.8. The number of nitrogens with zero attached hydrogens (tertiary/aromatic N) is 3. The van der Waals surface area contributed by atoms with Gasteiger partial charge in [0.05, 0.1) is 6.54 Å². The van der Waals surface area contributed by atoms with E-state index in [1.54, 1.807) is 6.07 Å². The van der Waals surface area contributed by atoms with Crippen LogP contribution in [0, 0.1) is 0 Å². The molecular formula is C12H19ClN4O. The van der Waals surface area contributed by atoms with E-state index in [1.807, 2.05) is 11.8 Å². The van der Waals surface area contributed by atoms with Crippen molar-refractivity contribution in [1.29, 1.82) is 0 Å². The lowest BCUT2D eigenvalue weighted by molar-refractivity contribution is -0.116. The summed E-state index contributed by atoms with van der Waals surface area (Å²) in [4.78, 5) is 21.4. The Hall–Kier alpha value is -1.36. The summed E-state index contributed by atoms with van der Waals surface area (Å²) in [6.45, 7) is 4.93. The van der Waals surface area contributed by atoms with E-state index < -0.39 is 0 Å². The molecular weight excluding hydrogens is 252 g/mol. The summed E-state index contributed by atoms with van der Waals surface area (Å²) in [6, 6.07) is 1.67. The Bertz CT molecular complexity index is 411. The van der Waals surface area contributed by atoms with Crippen LogP contribution < -0.4 is 10.6 Å². The lowest BCUT2D eigenvalue weighted by Crippen LogP contribution is -2.35. The maximum Gasteiger partial charge on any atom is 0.236 e. The molecule has 1 heterocycles. The number of unbranched alkanes of at least 4 members (excludes halogenated alkanes) is 1. The summed E-state index contributed by atoms with van der Waals surface area (Å²) in [5.41, 5.74) is 5.25. The van der Waals surface area contributed by atoms with Crippen molar-refractivity contribution in [3.8, 4) is 0 Å². The molecule has 0 saturated heterocycles. The summed E-state index contributed by atoms with van der Waals surface area (Å²) in [5.74, 6) is 0.960. The molecule has 1 amide bonds. The summed E-state index contributed by atoms with van der Waals surface area (Å²) in [5, 5.41) is 0.391. The number of anilines is 1. The standard InChI is InChI=1S/C12H19ClN4O/c1-3-5-6-17(8-10(14)18)12-7-9(13)15-11(4-2)16-12/h7H,3-6,8H2,1-2H3,(H2,14,18). The van der Waals surface area contributed by atoms with Gasteiger partial charge in [-0.15, -0.1) is 0 Å². The van der Waals surface area contributed by atoms with Gasteiger partial charge in [-0.3, -0.25) is 4.79 Å². The smallest absolute Gasteiger partial charge is 0.236 e. The Balaban J connectivity index is 2.95. The molecule has 6 heteroatoms. The number of carbonyl (C=O) groups is 1. The minimum atomic E-state index is -0.376. The van der Waals surface area contributed by atoms with Gasteiger partial charge in [-0.1, -0.05) is 31.9 Å². The first kappa shape index (κ1) is 14.7. The van der Waals surface area contributed by atoms with Crippen molar-refractivity contribution in [2.24, 2.45) is 5.73 Å². The second-order valence-corrected chi connectivity index (χ2v) is 4.45. The van der Waals surface area contributed by atoms with Crippen molar-refractivity contribution in [2.75, 3.05) is 18.0 Å². The lowest BCUT2D eigenvalue weighted by Gasteiger charge is -2.22. The minimum Gasteiger partial charge on any atom is -0.368 e. The first-order chi connectivity index (χ1) is 8.56. The van der Waals surface area contributed by atoms with Crippen molar-refractivity contribution < 1.29 is 4.79 Å². The molecule has 0 aliphatic rings. The molecule has 1 rings (SSSR count). The lowest BCUT2D eigenvalue weighted by atomic mass is 10.3. The Labute approximate surface area is 112 Å². The van der Waals surface area contributed by atoms with Crippen molar-refractivity contribution in [3.05, 3.63) is 17.0 Å². The topological polar surface area (TPSA) is 72.1 Å². The second kappa shape index (κ2) is 7.16. The average molecular weight is 271 g/mol. The van der Waals surface area contributed by atoms with Gasteiger partial charge >= 0.3 is 0 Å². The quantitative estimate of drug-likeness (QED) is 0.767. The molecule has 0 spiro atoms. The maximum atomic E-state index is 11.1. The number of carbonyl (C=O) groups excluding carboxylic acids is 1. The third kappa shape index (κ3) is 4.49. The monoisotopic (exact) mass is 270 g/mol. The van der Waals surface area contributed by atoms with Crippen LogP contribution in [-0.4, -0.2) is 29.0 Å². The number of amides is 1. The van der Waals surface area contributed by atoms with Crippen molar-refractivity contribution in [1.82, 2.24) is 9.97 Å². The first-order valence-electron chi connectivity index (χ1n) is 6.13. The summed E-state index contributed by atoms with van der Waals surface area (Å²) in [7, 11) is 0. The van der Waals surface area contributed by atoms with E-state index in [1.165, 1.54) is 0 Å². The van der Waals surface area contributed by atoms with Crippen LogP contribution in [0.15, 0.2) is 6.07 Å². The molecule has 5 nitrogen and oxygen atoms in total. The van der Waals surface area contributed by atoms with Crippen LogP contribution in [0.25, 0.3) is 0 Å². The molecule has 0 bridgehead atoms. The molecule has 1 aromatic rings. The van der Waals surface area contributed by atoms with E-state index in [4.69, 9.17) is 17.3 Å². The zero-order chi connectivity index (χ0) is 13.5. The highest BCUT2D eigenvalue weighted by Gasteiger charge is 2.12. The van der Waals surface area contributed by atoms with Gasteiger partial charge in [-0.05, 0) is 6.42 Å². The fourth-order valence-electron chi connectivity index (χ4n) is 1.58. The molecule has 0 aliphatic carbocycles. The van der Waals surface area contributed by atoms with Gasteiger partial charge in [0.2, 0.25) is 5.91 Å². The number of aryl methyl sites for hydroxylation is 1. The summed E-state index contributed by atoms with van der Waals surface area (Å²) < 4.78 is 0. The number of halogens is 1. The van der Waals surface area contributed by atoms with E-state index in [0.717, 1.165) is 19.4 Å². The molecule has 0 saturated carbocycles. The van der Waals surface area contributed by atoms with Gasteiger partial charge in [0.15, 0.2) is 0 Å². The predicted octanol–water partition coefficient (Wildman–Crippen LogP) is 1.78. The number of primary amides is 1.